The molecule has 1 heterocycles. The summed E-state index contributed by atoms with van der Waals surface area (Å²) in [4.78, 5) is 24.0. The Morgan fingerprint density at radius 2 is 1.88 bits per heavy atom. The number of carbonyl (C=O) groups is 2. The number of nitrogens with one attached hydrogen (secondary N) is 2. The average Bonchev–Trinajstić information content (AvgIpc) is 3.13. The predicted molar refractivity (Wildman–Crippen MR) is 87.9 cm³/mol. The third kappa shape index (κ3) is 3.75. The van der Waals surface area contributed by atoms with Gasteiger partial charge in [-0.05, 0) is 31.2 Å². The first-order chi connectivity index (χ1) is 11.6. The molecule has 0 unspecified atom stereocenters. The second kappa shape index (κ2) is 7.87. The Balaban J connectivity index is 2.19. The molecule has 0 atom stereocenters. The monoisotopic (exact) mass is 330 g/mol. The first-order valence-corrected chi connectivity index (χ1v) is 7.13. The first kappa shape index (κ1) is 17.1. The van der Waals surface area contributed by atoms with Crippen molar-refractivity contribution in [2.45, 2.75) is 6.92 Å². The standard InChI is InChI=1S/C17H18N2O5/c1-4-6-11-9-12(10-14(22-2)15(11)23-3)16(20)18-19-17(21)13-7-5-8-24-13/h4-10H,1-3H3,(H,18,20)(H,19,21). The largest absolute Gasteiger partial charge is 0.493 e. The molecule has 0 saturated heterocycles. The first-order valence-electron chi connectivity index (χ1n) is 7.13. The second-order valence-corrected chi connectivity index (χ2v) is 4.69. The minimum absolute atomic E-state index is 0.0946. The summed E-state index contributed by atoms with van der Waals surface area (Å²) < 4.78 is 15.5. The van der Waals surface area contributed by atoms with Gasteiger partial charge in [0.2, 0.25) is 0 Å². The molecule has 0 saturated carbocycles. The molecule has 0 spiro atoms. The molecular formula is C17H18N2O5. The Kier molecular flexibility index (Phi) is 5.62. The van der Waals surface area contributed by atoms with E-state index in [9.17, 15) is 9.59 Å². The van der Waals surface area contributed by atoms with Crippen LogP contribution in [0.4, 0.5) is 0 Å². The maximum absolute atomic E-state index is 12.3. The Bertz CT molecular complexity index is 751. The van der Waals surface area contributed by atoms with Crippen LogP contribution >= 0.6 is 0 Å². The Hall–Kier alpha value is -3.22. The molecule has 0 bridgehead atoms. The van der Waals surface area contributed by atoms with Crippen molar-refractivity contribution in [3.63, 3.8) is 0 Å². The van der Waals surface area contributed by atoms with E-state index in [4.69, 9.17) is 13.9 Å². The summed E-state index contributed by atoms with van der Waals surface area (Å²) in [5.41, 5.74) is 5.59. The van der Waals surface area contributed by atoms with Crippen molar-refractivity contribution in [2.24, 2.45) is 0 Å². The molecule has 24 heavy (non-hydrogen) atoms. The number of furan rings is 1. The zero-order valence-corrected chi connectivity index (χ0v) is 13.6. The van der Waals surface area contributed by atoms with E-state index in [1.165, 1.54) is 32.6 Å². The summed E-state index contributed by atoms with van der Waals surface area (Å²) in [6.45, 7) is 1.85. The van der Waals surface area contributed by atoms with Crippen LogP contribution in [0.15, 0.2) is 41.0 Å². The zero-order chi connectivity index (χ0) is 17.5. The molecule has 126 valence electrons. The van der Waals surface area contributed by atoms with Gasteiger partial charge < -0.3 is 13.9 Å². The molecule has 1 aromatic carbocycles. The molecule has 0 aliphatic heterocycles. The lowest BCUT2D eigenvalue weighted by Gasteiger charge is -2.13. The van der Waals surface area contributed by atoms with E-state index in [0.29, 0.717) is 22.6 Å². The average molecular weight is 330 g/mol. The van der Waals surface area contributed by atoms with E-state index in [0.717, 1.165) is 0 Å². The highest BCUT2D eigenvalue weighted by Gasteiger charge is 2.16. The number of benzene rings is 1. The molecule has 2 amide bonds. The molecule has 7 nitrogen and oxygen atoms in total. The van der Waals surface area contributed by atoms with E-state index in [2.05, 4.69) is 10.9 Å². The summed E-state index contributed by atoms with van der Waals surface area (Å²) >= 11 is 0. The summed E-state index contributed by atoms with van der Waals surface area (Å²) in [6.07, 6.45) is 4.98. The van der Waals surface area contributed by atoms with E-state index < -0.39 is 11.8 Å². The number of methoxy groups -OCH3 is 2. The van der Waals surface area contributed by atoms with Gasteiger partial charge in [-0.15, -0.1) is 0 Å². The van der Waals surface area contributed by atoms with Crippen molar-refractivity contribution < 1.29 is 23.5 Å². The molecule has 2 N–H and O–H groups in total. The predicted octanol–water partition coefficient (Wildman–Crippen LogP) is 2.40. The third-order valence-corrected chi connectivity index (χ3v) is 3.15. The Labute approximate surface area is 139 Å². The highest BCUT2D eigenvalue weighted by molar-refractivity contribution is 5.99. The number of carbonyl (C=O) groups excluding carboxylic acids is 2. The lowest BCUT2D eigenvalue weighted by molar-refractivity contribution is 0.0830. The van der Waals surface area contributed by atoms with Gasteiger partial charge in [-0.3, -0.25) is 20.4 Å². The third-order valence-electron chi connectivity index (χ3n) is 3.15. The molecule has 7 heteroatoms. The van der Waals surface area contributed by atoms with Crippen LogP contribution in [0.2, 0.25) is 0 Å². The van der Waals surface area contributed by atoms with Gasteiger partial charge in [0.05, 0.1) is 20.5 Å². The number of amides is 2. The van der Waals surface area contributed by atoms with Crippen LogP contribution in [0.3, 0.4) is 0 Å². The van der Waals surface area contributed by atoms with Crippen molar-refractivity contribution in [1.29, 1.82) is 0 Å². The van der Waals surface area contributed by atoms with E-state index >= 15 is 0 Å². The lowest BCUT2D eigenvalue weighted by Crippen LogP contribution is -2.41. The molecule has 1 aromatic heterocycles. The molecule has 0 fully saturated rings. The molecule has 0 radical (unpaired) electrons. The fourth-order valence-corrected chi connectivity index (χ4v) is 2.08. The quantitative estimate of drug-likeness (QED) is 0.822. The summed E-state index contributed by atoms with van der Waals surface area (Å²) in [6, 6.07) is 6.23. The number of ether oxygens (including phenoxy) is 2. The number of allylic oxidation sites excluding steroid dienone is 1. The molecule has 2 aromatic rings. The smallest absolute Gasteiger partial charge is 0.305 e. The molecular weight excluding hydrogens is 312 g/mol. The van der Waals surface area contributed by atoms with Gasteiger partial charge >= 0.3 is 5.91 Å². The molecule has 0 aliphatic carbocycles. The highest BCUT2D eigenvalue weighted by Crippen LogP contribution is 2.33. The van der Waals surface area contributed by atoms with Crippen molar-refractivity contribution in [2.75, 3.05) is 14.2 Å². The van der Waals surface area contributed by atoms with Gasteiger partial charge in [0.1, 0.15) is 0 Å². The maximum atomic E-state index is 12.3. The number of hydrogen-bond donors (Lipinski definition) is 2. The maximum Gasteiger partial charge on any atom is 0.305 e. The van der Waals surface area contributed by atoms with Gasteiger partial charge in [0, 0.05) is 11.1 Å². The van der Waals surface area contributed by atoms with Crippen LogP contribution in [0, 0.1) is 0 Å². The number of hydrazine groups is 1. The molecule has 0 aliphatic rings. The molecule has 2 rings (SSSR count). The van der Waals surface area contributed by atoms with Crippen LogP contribution < -0.4 is 20.3 Å². The normalized spacial score (nSPS) is 10.5. The van der Waals surface area contributed by atoms with Gasteiger partial charge in [0.15, 0.2) is 17.3 Å². The van der Waals surface area contributed by atoms with Gasteiger partial charge in [-0.25, -0.2) is 0 Å². The number of hydrogen-bond acceptors (Lipinski definition) is 5. The second-order valence-electron chi connectivity index (χ2n) is 4.69. The summed E-state index contributed by atoms with van der Waals surface area (Å²) in [7, 11) is 3.01. The Morgan fingerprint density at radius 3 is 2.46 bits per heavy atom. The topological polar surface area (TPSA) is 89.8 Å². The highest BCUT2D eigenvalue weighted by atomic mass is 16.5. The van der Waals surface area contributed by atoms with Crippen LogP contribution in [0.1, 0.15) is 33.4 Å². The van der Waals surface area contributed by atoms with Crippen LogP contribution in [0.5, 0.6) is 11.5 Å². The van der Waals surface area contributed by atoms with Crippen LogP contribution in [0.25, 0.3) is 6.08 Å². The minimum Gasteiger partial charge on any atom is -0.493 e. The zero-order valence-electron chi connectivity index (χ0n) is 13.6. The lowest BCUT2D eigenvalue weighted by atomic mass is 10.1. The number of rotatable bonds is 5. The fraction of sp³-hybridized carbons (Fsp3) is 0.176. The van der Waals surface area contributed by atoms with Gasteiger partial charge in [0.25, 0.3) is 5.91 Å². The minimum atomic E-state index is -0.553. The van der Waals surface area contributed by atoms with Crippen molar-refractivity contribution in [1.82, 2.24) is 10.9 Å². The van der Waals surface area contributed by atoms with E-state index in [1.54, 1.807) is 18.2 Å². The fourth-order valence-electron chi connectivity index (χ4n) is 2.08. The van der Waals surface area contributed by atoms with Crippen molar-refractivity contribution >= 4 is 17.9 Å². The van der Waals surface area contributed by atoms with Gasteiger partial charge in [-0.2, -0.15) is 0 Å². The summed E-state index contributed by atoms with van der Waals surface area (Å²) in [5.74, 6) is -0.0243. The van der Waals surface area contributed by atoms with Crippen molar-refractivity contribution in [3.05, 3.63) is 53.5 Å². The van der Waals surface area contributed by atoms with E-state index in [1.807, 2.05) is 13.0 Å². The van der Waals surface area contributed by atoms with Crippen LogP contribution in [-0.2, 0) is 0 Å². The Morgan fingerprint density at radius 1 is 1.12 bits per heavy atom. The van der Waals surface area contributed by atoms with Crippen LogP contribution in [-0.4, -0.2) is 26.0 Å². The van der Waals surface area contributed by atoms with Gasteiger partial charge in [-0.1, -0.05) is 12.2 Å². The van der Waals surface area contributed by atoms with Crippen molar-refractivity contribution in [3.8, 4) is 11.5 Å². The van der Waals surface area contributed by atoms with E-state index in [-0.39, 0.29) is 5.76 Å². The SMILES string of the molecule is CC=Cc1cc(C(=O)NNC(=O)c2ccco2)cc(OC)c1OC. The summed E-state index contributed by atoms with van der Waals surface area (Å²) in [5, 5.41) is 0.